The summed E-state index contributed by atoms with van der Waals surface area (Å²) >= 11 is 1.10. The van der Waals surface area contributed by atoms with Crippen molar-refractivity contribution in [2.75, 3.05) is 7.11 Å². The zero-order chi connectivity index (χ0) is 16.3. The van der Waals surface area contributed by atoms with E-state index in [0.29, 0.717) is 16.8 Å². The molecule has 0 atom stereocenters. The Kier molecular flexibility index (Phi) is 4.81. The van der Waals surface area contributed by atoms with Crippen molar-refractivity contribution in [1.82, 2.24) is 10.1 Å². The van der Waals surface area contributed by atoms with E-state index in [-0.39, 0.29) is 17.2 Å². The van der Waals surface area contributed by atoms with E-state index in [1.165, 1.54) is 7.11 Å². The third kappa shape index (κ3) is 3.83. The van der Waals surface area contributed by atoms with Crippen LogP contribution in [0.1, 0.15) is 31.8 Å². The average molecular weight is 336 g/mol. The minimum absolute atomic E-state index is 0.194. The van der Waals surface area contributed by atoms with Crippen molar-refractivity contribution in [3.63, 3.8) is 0 Å². The summed E-state index contributed by atoms with van der Waals surface area (Å²) in [4.78, 5) is 16.3. The van der Waals surface area contributed by atoms with Gasteiger partial charge in [0, 0.05) is 13.2 Å². The first-order valence-electron chi connectivity index (χ1n) is 5.96. The molecule has 0 bridgehead atoms. The zero-order valence-electron chi connectivity index (χ0n) is 11.6. The van der Waals surface area contributed by atoms with E-state index in [1.54, 1.807) is 6.92 Å². The van der Waals surface area contributed by atoms with Crippen LogP contribution in [-0.2, 0) is 28.9 Å². The van der Waals surface area contributed by atoms with E-state index < -0.39 is 24.4 Å². The Hall–Kier alpha value is -1.94. The molecular weight excluding hydrogens is 325 g/mol. The lowest BCUT2D eigenvalue weighted by Crippen LogP contribution is -2.05. The van der Waals surface area contributed by atoms with Gasteiger partial charge >= 0.3 is 12.1 Å². The van der Waals surface area contributed by atoms with Crippen LogP contribution in [0.25, 0.3) is 0 Å². The fourth-order valence-electron chi connectivity index (χ4n) is 1.54. The maximum absolute atomic E-state index is 12.3. The largest absolute Gasteiger partial charge is 0.453 e. The molecule has 0 saturated carbocycles. The first kappa shape index (κ1) is 16.4. The summed E-state index contributed by atoms with van der Waals surface area (Å²) in [6.07, 6.45) is -4.60. The summed E-state index contributed by atoms with van der Waals surface area (Å²) in [5.74, 6) is -0.887. The molecule has 2 rings (SSSR count). The van der Waals surface area contributed by atoms with Crippen LogP contribution in [0.5, 0.6) is 0 Å². The van der Waals surface area contributed by atoms with Crippen molar-refractivity contribution in [1.29, 1.82) is 0 Å². The van der Waals surface area contributed by atoms with E-state index in [4.69, 9.17) is 9.47 Å². The minimum atomic E-state index is -4.60. The van der Waals surface area contributed by atoms with Crippen LogP contribution in [-0.4, -0.2) is 23.2 Å². The highest BCUT2D eigenvalue weighted by Crippen LogP contribution is 2.28. The summed E-state index contributed by atoms with van der Waals surface area (Å²) in [6, 6.07) is 0.684. The number of nitrogens with zero attached hydrogens (tertiary/aromatic N) is 2. The fraction of sp³-hybridized carbons (Fsp3) is 0.417. The number of hydrogen-bond acceptors (Lipinski definition) is 7. The van der Waals surface area contributed by atoms with Gasteiger partial charge in [-0.15, -0.1) is 11.3 Å². The van der Waals surface area contributed by atoms with Crippen LogP contribution in [0.15, 0.2) is 10.6 Å². The summed E-state index contributed by atoms with van der Waals surface area (Å²) in [5, 5.41) is 3.47. The van der Waals surface area contributed by atoms with Crippen molar-refractivity contribution in [3.05, 3.63) is 33.1 Å². The number of alkyl halides is 3. The van der Waals surface area contributed by atoms with Gasteiger partial charge in [-0.2, -0.15) is 13.2 Å². The highest BCUT2D eigenvalue weighted by atomic mass is 32.1. The molecule has 6 nitrogen and oxygen atoms in total. The van der Waals surface area contributed by atoms with E-state index in [0.717, 1.165) is 11.3 Å². The number of hydrogen-bond donors (Lipinski definition) is 0. The van der Waals surface area contributed by atoms with Crippen LogP contribution in [0.2, 0.25) is 0 Å². The predicted molar refractivity (Wildman–Crippen MR) is 68.2 cm³/mol. The molecule has 2 aromatic rings. The van der Waals surface area contributed by atoms with Crippen LogP contribution in [0, 0.1) is 6.92 Å². The standard InChI is InChI=1S/C12H11F3N2O4S/c1-6-10(22-9(16-6)5-19-2)11(18)20-4-7-3-8(17-21-7)12(13,14)15/h3H,4-5H2,1-2H3. The molecule has 0 N–H and O–H groups in total. The first-order valence-corrected chi connectivity index (χ1v) is 6.78. The fourth-order valence-corrected chi connectivity index (χ4v) is 2.47. The lowest BCUT2D eigenvalue weighted by molar-refractivity contribution is -0.142. The van der Waals surface area contributed by atoms with Gasteiger partial charge in [0.1, 0.15) is 9.88 Å². The Bertz CT molecular complexity index is 666. The number of aromatic nitrogens is 2. The molecule has 0 aliphatic rings. The van der Waals surface area contributed by atoms with Gasteiger partial charge in [0.15, 0.2) is 18.1 Å². The molecule has 0 unspecified atom stereocenters. The monoisotopic (exact) mass is 336 g/mol. The minimum Gasteiger partial charge on any atom is -0.453 e. The number of thiazole rings is 1. The Morgan fingerprint density at radius 1 is 1.41 bits per heavy atom. The number of carbonyl (C=O) groups excluding carboxylic acids is 1. The maximum Gasteiger partial charge on any atom is 0.436 e. The topological polar surface area (TPSA) is 74.5 Å². The Labute approximate surface area is 126 Å². The molecule has 0 spiro atoms. The van der Waals surface area contributed by atoms with E-state index >= 15 is 0 Å². The Morgan fingerprint density at radius 3 is 2.73 bits per heavy atom. The van der Waals surface area contributed by atoms with E-state index in [1.807, 2.05) is 0 Å². The second-order valence-electron chi connectivity index (χ2n) is 4.21. The van der Waals surface area contributed by atoms with Gasteiger partial charge in [-0.25, -0.2) is 9.78 Å². The van der Waals surface area contributed by atoms with Crippen molar-refractivity contribution in [2.24, 2.45) is 0 Å². The van der Waals surface area contributed by atoms with E-state index in [2.05, 4.69) is 14.7 Å². The third-order valence-electron chi connectivity index (χ3n) is 2.49. The van der Waals surface area contributed by atoms with Crippen molar-refractivity contribution >= 4 is 17.3 Å². The number of ether oxygens (including phenoxy) is 2. The van der Waals surface area contributed by atoms with Crippen molar-refractivity contribution < 1.29 is 32.0 Å². The van der Waals surface area contributed by atoms with E-state index in [9.17, 15) is 18.0 Å². The normalized spacial score (nSPS) is 11.7. The molecular formula is C12H11F3N2O4S. The van der Waals surface area contributed by atoms with Gasteiger partial charge in [0.2, 0.25) is 0 Å². The highest BCUT2D eigenvalue weighted by Gasteiger charge is 2.35. The van der Waals surface area contributed by atoms with Gasteiger partial charge in [0.05, 0.1) is 12.3 Å². The molecule has 0 saturated heterocycles. The second-order valence-corrected chi connectivity index (χ2v) is 5.29. The Morgan fingerprint density at radius 2 is 2.14 bits per heavy atom. The quantitative estimate of drug-likeness (QED) is 0.782. The van der Waals surface area contributed by atoms with Crippen LogP contribution in [0.3, 0.4) is 0 Å². The van der Waals surface area contributed by atoms with Crippen molar-refractivity contribution in [3.8, 4) is 0 Å². The van der Waals surface area contributed by atoms with Crippen LogP contribution < -0.4 is 0 Å². The summed E-state index contributed by atoms with van der Waals surface area (Å²) in [5.41, 5.74) is -0.703. The molecule has 0 radical (unpaired) electrons. The second kappa shape index (κ2) is 6.44. The highest BCUT2D eigenvalue weighted by molar-refractivity contribution is 7.13. The van der Waals surface area contributed by atoms with Gasteiger partial charge in [-0.05, 0) is 6.92 Å². The molecule has 2 heterocycles. The number of rotatable bonds is 5. The van der Waals surface area contributed by atoms with Crippen molar-refractivity contribution in [2.45, 2.75) is 26.3 Å². The van der Waals surface area contributed by atoms with Gasteiger partial charge in [-0.1, -0.05) is 5.16 Å². The van der Waals surface area contributed by atoms with Gasteiger partial charge < -0.3 is 14.0 Å². The molecule has 0 amide bonds. The number of methoxy groups -OCH3 is 1. The number of halogens is 3. The molecule has 2 aromatic heterocycles. The average Bonchev–Trinajstić information content (AvgIpc) is 3.03. The number of aryl methyl sites for hydroxylation is 1. The molecule has 120 valence electrons. The van der Waals surface area contributed by atoms with Gasteiger partial charge in [0.25, 0.3) is 0 Å². The third-order valence-corrected chi connectivity index (χ3v) is 3.60. The summed E-state index contributed by atoms with van der Waals surface area (Å²) < 4.78 is 51.3. The summed E-state index contributed by atoms with van der Waals surface area (Å²) in [6.45, 7) is 1.44. The molecule has 0 fully saturated rings. The number of carbonyl (C=O) groups is 1. The number of esters is 1. The zero-order valence-corrected chi connectivity index (χ0v) is 12.4. The maximum atomic E-state index is 12.3. The van der Waals surface area contributed by atoms with Crippen LogP contribution in [0.4, 0.5) is 13.2 Å². The predicted octanol–water partition coefficient (Wildman–Crippen LogP) is 2.96. The van der Waals surface area contributed by atoms with Crippen LogP contribution >= 0.6 is 11.3 Å². The first-order chi connectivity index (χ1) is 10.3. The summed E-state index contributed by atoms with van der Waals surface area (Å²) in [7, 11) is 1.50. The smallest absolute Gasteiger partial charge is 0.436 e. The molecule has 22 heavy (non-hydrogen) atoms. The van der Waals surface area contributed by atoms with Gasteiger partial charge in [-0.3, -0.25) is 0 Å². The SMILES string of the molecule is COCc1nc(C)c(C(=O)OCc2cc(C(F)(F)F)no2)s1. The molecule has 0 aliphatic carbocycles. The molecule has 0 aromatic carbocycles. The molecule has 0 aliphatic heterocycles. The lowest BCUT2D eigenvalue weighted by atomic mass is 10.3. The lowest BCUT2D eigenvalue weighted by Gasteiger charge is -2.00. The molecule has 10 heteroatoms. The Balaban J connectivity index is 1.99.